The molecule has 1 aliphatic heterocycles. The Morgan fingerprint density at radius 1 is 1.11 bits per heavy atom. The maximum Gasteiger partial charge on any atom is 0.330 e. The Kier molecular flexibility index (Phi) is 10.3. The van der Waals surface area contributed by atoms with Crippen molar-refractivity contribution in [3.05, 3.63) is 32.6 Å². The Hall–Kier alpha value is -1.07. The average Bonchev–Trinajstić information content (AvgIpc) is 2.99. The van der Waals surface area contributed by atoms with Crippen molar-refractivity contribution in [3.63, 3.8) is 0 Å². The van der Waals surface area contributed by atoms with Gasteiger partial charge in [-0.15, -0.1) is 0 Å². The largest absolute Gasteiger partial charge is 0.790 e. The van der Waals surface area contributed by atoms with Crippen molar-refractivity contribution in [2.24, 2.45) is 0 Å². The molecule has 0 aliphatic carbocycles. The van der Waals surface area contributed by atoms with Gasteiger partial charge in [0.25, 0.3) is 21.2 Å². The highest BCUT2D eigenvalue weighted by atomic mass is 31.3. The average molecular weight is 566 g/mol. The number of aliphatic hydroxyl groups is 1. The first kappa shape index (κ1) is 30.2. The van der Waals surface area contributed by atoms with Crippen LogP contribution in [-0.4, -0.2) is 59.9 Å². The molecule has 0 spiro atoms. The van der Waals surface area contributed by atoms with Gasteiger partial charge in [-0.25, -0.2) is 9.11 Å². The summed E-state index contributed by atoms with van der Waals surface area (Å²) in [5.74, 6) is 0. The van der Waals surface area contributed by atoms with Crippen LogP contribution in [0.3, 0.4) is 0 Å². The van der Waals surface area contributed by atoms with Gasteiger partial charge in [-0.05, 0) is 13.3 Å². The van der Waals surface area contributed by atoms with E-state index in [-0.39, 0.29) is 18.8 Å². The molecule has 35 heavy (non-hydrogen) atoms. The third-order valence-corrected chi connectivity index (χ3v) is 8.00. The van der Waals surface area contributed by atoms with Crippen molar-refractivity contribution in [2.75, 3.05) is 26.9 Å². The number of methoxy groups -OCH3 is 1. The van der Waals surface area contributed by atoms with Crippen LogP contribution < -0.4 is 30.8 Å². The van der Waals surface area contributed by atoms with Gasteiger partial charge in [-0.2, -0.15) is 0 Å². The molecule has 0 bridgehead atoms. The van der Waals surface area contributed by atoms with Crippen molar-refractivity contribution >= 4 is 23.5 Å². The van der Waals surface area contributed by atoms with Crippen molar-refractivity contribution in [2.45, 2.75) is 37.9 Å². The van der Waals surface area contributed by atoms with E-state index in [1.54, 1.807) is 0 Å². The van der Waals surface area contributed by atoms with E-state index in [1.165, 1.54) is 14.0 Å². The van der Waals surface area contributed by atoms with Crippen LogP contribution in [0.15, 0.2) is 15.8 Å². The predicted molar refractivity (Wildman–Crippen MR) is 103 cm³/mol. The Morgan fingerprint density at radius 2 is 1.77 bits per heavy atom. The van der Waals surface area contributed by atoms with Crippen molar-refractivity contribution in [1.82, 2.24) is 9.55 Å². The number of aliphatic hydroxyl groups excluding tert-OH is 1. The molecule has 6 atom stereocenters. The van der Waals surface area contributed by atoms with Crippen molar-refractivity contribution in [1.29, 1.82) is 0 Å². The fourth-order valence-corrected chi connectivity index (χ4v) is 5.77. The van der Waals surface area contributed by atoms with Crippen molar-refractivity contribution in [3.8, 4) is 0 Å². The van der Waals surface area contributed by atoms with E-state index in [1.807, 2.05) is 4.98 Å². The zero-order chi connectivity index (χ0) is 26.6. The monoisotopic (exact) mass is 566 g/mol. The second-order valence-electron chi connectivity index (χ2n) is 7.02. The van der Waals surface area contributed by atoms with Gasteiger partial charge in [-0.3, -0.25) is 27.8 Å². The number of hydrogen-bond acceptors (Lipinski definition) is 16. The molecule has 1 saturated heterocycles. The Morgan fingerprint density at radius 3 is 2.37 bits per heavy atom. The molecule has 2 N–H and O–H groups in total. The molecule has 3 unspecified atom stereocenters. The molecule has 202 valence electrons. The molecule has 18 nitrogen and oxygen atoms in total. The van der Waals surface area contributed by atoms with E-state index < -0.39 is 65.9 Å². The molecule has 0 saturated carbocycles. The lowest BCUT2D eigenvalue weighted by atomic mass is 10.1. The molecular weight excluding hydrogens is 545 g/mol. The molecule has 0 radical (unpaired) electrons. The lowest BCUT2D eigenvalue weighted by Gasteiger charge is -2.37. The topological polar surface area (TPSA) is 274 Å². The van der Waals surface area contributed by atoms with E-state index in [0.717, 1.165) is 10.8 Å². The summed E-state index contributed by atoms with van der Waals surface area (Å²) in [5, 5.41) is 10.6. The summed E-state index contributed by atoms with van der Waals surface area (Å²) in [5.41, 5.74) is -1.53. The predicted octanol–water partition coefficient (Wildman–Crippen LogP) is -3.66. The van der Waals surface area contributed by atoms with Crippen LogP contribution in [-0.2, 0) is 41.1 Å². The lowest BCUT2D eigenvalue weighted by Crippen LogP contribution is -2.40. The molecule has 1 fully saturated rings. The molecule has 0 aromatic carbocycles. The van der Waals surface area contributed by atoms with Gasteiger partial charge in [0.15, 0.2) is 6.23 Å². The second-order valence-corrected chi connectivity index (χ2v) is 11.3. The minimum Gasteiger partial charge on any atom is -0.790 e. The Bertz CT molecular complexity index is 1130. The number of ether oxygens (including phenoxy) is 3. The third kappa shape index (κ3) is 9.07. The zero-order valence-corrected chi connectivity index (χ0v) is 20.8. The SMILES string of the molecule is COCCCOC1[C@@H](O)[C@@H](COP(=O)([O-])OP(=O)([O-])OP(=O)([O-])[O-])O[C@H]1n1cc(C)c(=O)[nH]c1=O. The van der Waals surface area contributed by atoms with E-state index in [9.17, 15) is 48.0 Å². The normalized spacial score (nSPS) is 26.4. The van der Waals surface area contributed by atoms with Gasteiger partial charge in [0.2, 0.25) is 0 Å². The van der Waals surface area contributed by atoms with Crippen LogP contribution in [0.2, 0.25) is 0 Å². The highest BCUT2D eigenvalue weighted by molar-refractivity contribution is 7.64. The number of aromatic amines is 1. The van der Waals surface area contributed by atoms with Crippen LogP contribution in [0.25, 0.3) is 0 Å². The Balaban J connectivity index is 2.19. The van der Waals surface area contributed by atoms with Gasteiger partial charge in [0.1, 0.15) is 18.3 Å². The van der Waals surface area contributed by atoms with Gasteiger partial charge in [0.05, 0.1) is 14.4 Å². The maximum atomic E-state index is 12.3. The highest BCUT2D eigenvalue weighted by Gasteiger charge is 2.46. The first-order chi connectivity index (χ1) is 16.1. The number of phosphoric ester groups is 1. The molecular formula is C14H21N2O16P3-4. The summed E-state index contributed by atoms with van der Waals surface area (Å²) < 4.78 is 61.0. The minimum atomic E-state index is -6.18. The summed E-state index contributed by atoms with van der Waals surface area (Å²) in [7, 11) is -16.8. The fraction of sp³-hybridized carbons (Fsp3) is 0.714. The van der Waals surface area contributed by atoms with Gasteiger partial charge in [0, 0.05) is 32.1 Å². The number of nitrogens with zero attached hydrogens (tertiary/aromatic N) is 1. The zero-order valence-electron chi connectivity index (χ0n) is 18.1. The van der Waals surface area contributed by atoms with Gasteiger partial charge in [-0.1, -0.05) is 0 Å². The summed E-state index contributed by atoms with van der Waals surface area (Å²) in [4.78, 5) is 69.8. The van der Waals surface area contributed by atoms with Crippen LogP contribution in [0.4, 0.5) is 0 Å². The summed E-state index contributed by atoms with van der Waals surface area (Å²) in [6.45, 7) is 0.572. The standard InChI is InChI=1S/C14H25N2O16P3/c1-8-6-16(14(19)15-12(8)18)13-11(28-5-3-4-27-2)10(17)9(30-13)7-29-34(23,24)32-35(25,26)31-33(20,21)22/h6,9-11,13,17H,3-5,7H2,1-2H3,(H,23,24)(H,25,26)(H,15,18,19)(H2,20,21,22)/p-4/t9-,10+,11?,13-/m1/s1. The van der Waals surface area contributed by atoms with E-state index in [0.29, 0.717) is 6.42 Å². The number of hydrogen-bond donors (Lipinski definition) is 2. The number of H-pyrrole nitrogens is 1. The van der Waals surface area contributed by atoms with Crippen LogP contribution >= 0.6 is 23.5 Å². The molecule has 0 amide bonds. The highest BCUT2D eigenvalue weighted by Crippen LogP contribution is 2.60. The number of aromatic nitrogens is 2. The third-order valence-electron chi connectivity index (χ3n) is 4.33. The Labute approximate surface area is 196 Å². The molecule has 21 heteroatoms. The fourth-order valence-electron chi connectivity index (χ4n) is 2.91. The summed E-state index contributed by atoms with van der Waals surface area (Å²) >= 11 is 0. The van der Waals surface area contributed by atoms with Crippen molar-refractivity contribution < 1.29 is 65.7 Å². The summed E-state index contributed by atoms with van der Waals surface area (Å²) in [6, 6.07) is 0. The first-order valence-corrected chi connectivity index (χ1v) is 13.9. The second kappa shape index (κ2) is 12.0. The van der Waals surface area contributed by atoms with E-state index >= 15 is 0 Å². The minimum absolute atomic E-state index is 0.00436. The molecule has 2 heterocycles. The molecule has 1 aromatic heterocycles. The number of aryl methyl sites for hydroxylation is 1. The van der Waals surface area contributed by atoms with E-state index in [2.05, 4.69) is 13.1 Å². The van der Waals surface area contributed by atoms with Crippen LogP contribution in [0, 0.1) is 6.92 Å². The first-order valence-electron chi connectivity index (χ1n) is 9.53. The lowest BCUT2D eigenvalue weighted by molar-refractivity contribution is -0.339. The van der Waals surface area contributed by atoms with Crippen LogP contribution in [0.5, 0.6) is 0 Å². The smallest absolute Gasteiger partial charge is 0.330 e. The molecule has 1 aromatic rings. The van der Waals surface area contributed by atoms with Crippen LogP contribution in [0.1, 0.15) is 18.2 Å². The summed E-state index contributed by atoms with van der Waals surface area (Å²) in [6.07, 6.45) is -4.42. The molecule has 1 aliphatic rings. The number of rotatable bonds is 13. The van der Waals surface area contributed by atoms with E-state index in [4.69, 9.17) is 14.2 Å². The quantitative estimate of drug-likeness (QED) is 0.172. The maximum absolute atomic E-state index is 12.3. The van der Waals surface area contributed by atoms with Gasteiger partial charge < -0.3 is 48.0 Å². The van der Waals surface area contributed by atoms with Gasteiger partial charge >= 0.3 is 5.69 Å². The number of phosphoric acid groups is 3. The number of nitrogens with one attached hydrogen (secondary N) is 1. The molecule has 2 rings (SSSR count).